The molecular weight excluding hydrogens is 307 g/mol. The first kappa shape index (κ1) is 16.8. The maximum atomic E-state index is 6.78. The van der Waals surface area contributed by atoms with Gasteiger partial charge in [0.2, 0.25) is 0 Å². The molecule has 2 rings (SSSR count). The molecule has 1 aliphatic carbocycles. The van der Waals surface area contributed by atoms with Crippen molar-refractivity contribution in [3.05, 3.63) is 22.7 Å². The Kier molecular flexibility index (Phi) is 6.50. The molecule has 4 heteroatoms. The normalized spacial score (nSPS) is 18.7. The van der Waals surface area contributed by atoms with Crippen LogP contribution in [0.2, 0.25) is 5.02 Å². The smallest absolute Gasteiger partial charge is 0.145 e. The van der Waals surface area contributed by atoms with Crippen molar-refractivity contribution in [1.29, 1.82) is 0 Å². The second kappa shape index (κ2) is 8.14. The summed E-state index contributed by atoms with van der Waals surface area (Å²) in [5.74, 6) is 1.77. The van der Waals surface area contributed by atoms with E-state index >= 15 is 0 Å². The summed E-state index contributed by atoms with van der Waals surface area (Å²) in [7, 11) is 3.24. The average molecular weight is 331 g/mol. The Morgan fingerprint density at radius 2 is 1.62 bits per heavy atom. The Bertz CT molecular complexity index is 454. The van der Waals surface area contributed by atoms with Crippen LogP contribution < -0.4 is 9.47 Å². The van der Waals surface area contributed by atoms with E-state index in [4.69, 9.17) is 32.7 Å². The predicted molar refractivity (Wildman–Crippen MR) is 89.0 cm³/mol. The molecule has 1 unspecified atom stereocenters. The summed E-state index contributed by atoms with van der Waals surface area (Å²) >= 11 is 13.1. The molecule has 0 heterocycles. The van der Waals surface area contributed by atoms with Crippen molar-refractivity contribution >= 4 is 23.2 Å². The van der Waals surface area contributed by atoms with E-state index in [1.54, 1.807) is 14.2 Å². The third-order valence-corrected chi connectivity index (χ3v) is 5.33. The van der Waals surface area contributed by atoms with E-state index in [0.29, 0.717) is 22.4 Å². The van der Waals surface area contributed by atoms with Crippen molar-refractivity contribution in [1.82, 2.24) is 0 Å². The molecule has 0 N–H and O–H groups in total. The number of hydrogen-bond acceptors (Lipinski definition) is 2. The highest BCUT2D eigenvalue weighted by molar-refractivity contribution is 6.34. The van der Waals surface area contributed by atoms with Crippen LogP contribution in [-0.2, 0) is 0 Å². The molecule has 0 radical (unpaired) electrons. The van der Waals surface area contributed by atoms with Crippen molar-refractivity contribution in [2.75, 3.05) is 14.2 Å². The molecule has 1 aromatic rings. The van der Waals surface area contributed by atoms with Crippen LogP contribution in [0.4, 0.5) is 0 Å². The molecule has 2 nitrogen and oxygen atoms in total. The first-order valence-electron chi connectivity index (χ1n) is 7.73. The summed E-state index contributed by atoms with van der Waals surface area (Å²) in [5, 5.41) is 0.454. The van der Waals surface area contributed by atoms with Gasteiger partial charge in [-0.1, -0.05) is 49.8 Å². The summed E-state index contributed by atoms with van der Waals surface area (Å²) in [6, 6.07) is 3.86. The number of alkyl halides is 1. The molecule has 1 aromatic carbocycles. The molecule has 1 atom stereocenters. The lowest BCUT2D eigenvalue weighted by atomic mass is 9.86. The molecule has 1 saturated carbocycles. The van der Waals surface area contributed by atoms with Gasteiger partial charge in [0.05, 0.1) is 19.6 Å². The largest absolute Gasteiger partial charge is 0.495 e. The van der Waals surface area contributed by atoms with Crippen LogP contribution in [0, 0.1) is 5.92 Å². The van der Waals surface area contributed by atoms with Crippen molar-refractivity contribution in [3.63, 3.8) is 0 Å². The maximum Gasteiger partial charge on any atom is 0.145 e. The van der Waals surface area contributed by atoms with Crippen LogP contribution in [0.1, 0.15) is 55.9 Å². The molecule has 0 saturated heterocycles. The zero-order valence-electron chi connectivity index (χ0n) is 12.8. The average Bonchev–Trinajstić information content (AvgIpc) is 2.46. The van der Waals surface area contributed by atoms with Gasteiger partial charge in [0.25, 0.3) is 0 Å². The Morgan fingerprint density at radius 3 is 2.19 bits per heavy atom. The van der Waals surface area contributed by atoms with Crippen LogP contribution in [0.25, 0.3) is 0 Å². The molecule has 0 amide bonds. The van der Waals surface area contributed by atoms with Crippen LogP contribution in [0.3, 0.4) is 0 Å². The highest BCUT2D eigenvalue weighted by Gasteiger charge is 2.26. The topological polar surface area (TPSA) is 18.5 Å². The van der Waals surface area contributed by atoms with E-state index in [2.05, 4.69) is 0 Å². The first-order chi connectivity index (χ1) is 10.2. The third-order valence-electron chi connectivity index (χ3n) is 4.38. The number of rotatable bonds is 4. The summed E-state index contributed by atoms with van der Waals surface area (Å²) in [4.78, 5) is 0. The van der Waals surface area contributed by atoms with Gasteiger partial charge in [-0.05, 0) is 24.8 Å². The minimum absolute atomic E-state index is 0.0542. The minimum Gasteiger partial charge on any atom is -0.495 e. The number of hydrogen-bond donors (Lipinski definition) is 0. The number of methoxy groups -OCH3 is 2. The minimum atomic E-state index is -0.0542. The zero-order chi connectivity index (χ0) is 15.2. The summed E-state index contributed by atoms with van der Waals surface area (Å²) in [5.41, 5.74) is 0.982. The van der Waals surface area contributed by atoms with Gasteiger partial charge in [0, 0.05) is 5.56 Å². The lowest BCUT2D eigenvalue weighted by Crippen LogP contribution is -2.11. The second-order valence-corrected chi connectivity index (χ2v) is 6.56. The second-order valence-electron chi connectivity index (χ2n) is 5.71. The monoisotopic (exact) mass is 330 g/mol. The van der Waals surface area contributed by atoms with E-state index in [0.717, 1.165) is 5.56 Å². The molecule has 0 aromatic heterocycles. The lowest BCUT2D eigenvalue weighted by molar-refractivity contribution is 0.355. The van der Waals surface area contributed by atoms with Gasteiger partial charge in [-0.2, -0.15) is 0 Å². The maximum absolute atomic E-state index is 6.78. The highest BCUT2D eigenvalue weighted by Crippen LogP contribution is 2.46. The van der Waals surface area contributed by atoms with E-state index in [1.165, 1.54) is 44.9 Å². The number of benzene rings is 1. The fraction of sp³-hybridized carbons (Fsp3) is 0.647. The van der Waals surface area contributed by atoms with Crippen molar-refractivity contribution < 1.29 is 9.47 Å². The van der Waals surface area contributed by atoms with E-state index in [1.807, 2.05) is 12.1 Å². The Balaban J connectivity index is 2.24. The van der Waals surface area contributed by atoms with E-state index in [9.17, 15) is 0 Å². The number of halogens is 2. The van der Waals surface area contributed by atoms with Crippen LogP contribution >= 0.6 is 23.2 Å². The van der Waals surface area contributed by atoms with Crippen LogP contribution in [0.5, 0.6) is 11.5 Å². The van der Waals surface area contributed by atoms with Gasteiger partial charge in [-0.15, -0.1) is 11.6 Å². The van der Waals surface area contributed by atoms with Gasteiger partial charge < -0.3 is 9.47 Å². The zero-order valence-corrected chi connectivity index (χ0v) is 14.3. The van der Waals surface area contributed by atoms with Crippen molar-refractivity contribution in [3.8, 4) is 11.5 Å². The van der Waals surface area contributed by atoms with Gasteiger partial charge in [-0.3, -0.25) is 0 Å². The standard InChI is InChI=1S/C17H24Cl2O2/c1-20-14-11-10-13(17(21-2)16(14)19)15(18)12-8-6-4-3-5-7-9-12/h10-12,15H,3-9H2,1-2H3. The Hall–Kier alpha value is -0.600. The first-order valence-corrected chi connectivity index (χ1v) is 8.55. The molecular formula is C17H24Cl2O2. The third kappa shape index (κ3) is 3.98. The van der Waals surface area contributed by atoms with Crippen LogP contribution in [-0.4, -0.2) is 14.2 Å². The molecule has 118 valence electrons. The predicted octanol–water partition coefficient (Wildman–Crippen LogP) is 6.00. The molecule has 1 aliphatic rings. The van der Waals surface area contributed by atoms with E-state index in [-0.39, 0.29) is 5.38 Å². The van der Waals surface area contributed by atoms with Crippen molar-refractivity contribution in [2.24, 2.45) is 5.92 Å². The molecule has 0 bridgehead atoms. The number of ether oxygens (including phenoxy) is 2. The molecule has 1 fully saturated rings. The van der Waals surface area contributed by atoms with Gasteiger partial charge in [0.15, 0.2) is 0 Å². The fourth-order valence-corrected chi connectivity index (χ4v) is 3.92. The lowest BCUT2D eigenvalue weighted by Gasteiger charge is -2.26. The fourth-order valence-electron chi connectivity index (χ4n) is 3.17. The van der Waals surface area contributed by atoms with Gasteiger partial charge >= 0.3 is 0 Å². The quantitative estimate of drug-likeness (QED) is 0.630. The Morgan fingerprint density at radius 1 is 1.00 bits per heavy atom. The highest BCUT2D eigenvalue weighted by atomic mass is 35.5. The SMILES string of the molecule is COc1ccc(C(Cl)C2CCCCCCC2)c(OC)c1Cl. The van der Waals surface area contributed by atoms with Crippen molar-refractivity contribution in [2.45, 2.75) is 50.3 Å². The summed E-state index contributed by atoms with van der Waals surface area (Å²) in [6.07, 6.45) is 8.89. The van der Waals surface area contributed by atoms with Gasteiger partial charge in [0.1, 0.15) is 16.5 Å². The molecule has 0 aliphatic heterocycles. The van der Waals surface area contributed by atoms with Gasteiger partial charge in [-0.25, -0.2) is 0 Å². The van der Waals surface area contributed by atoms with E-state index < -0.39 is 0 Å². The molecule has 21 heavy (non-hydrogen) atoms. The summed E-state index contributed by atoms with van der Waals surface area (Å²) < 4.78 is 10.7. The summed E-state index contributed by atoms with van der Waals surface area (Å²) in [6.45, 7) is 0. The Labute approximate surface area is 137 Å². The molecule has 0 spiro atoms. The van der Waals surface area contributed by atoms with Crippen LogP contribution in [0.15, 0.2) is 12.1 Å².